The molecule has 2 heterocycles. The molecule has 0 spiro atoms. The molecule has 0 unspecified atom stereocenters. The molecule has 0 amide bonds. The zero-order valence-electron chi connectivity index (χ0n) is 15.0. The maximum Gasteiger partial charge on any atom is 0.388 e. The highest BCUT2D eigenvalue weighted by molar-refractivity contribution is 7.84. The van der Waals surface area contributed by atoms with Gasteiger partial charge in [0.2, 0.25) is 0 Å². The second-order valence-corrected chi connectivity index (χ2v) is 8.33. The number of nitrogens with one attached hydrogen (secondary N) is 1. The molecule has 0 atom stereocenters. The molecule has 0 bridgehead atoms. The molecule has 1 aromatic carbocycles. The number of piperidine rings is 1. The minimum Gasteiger partial charge on any atom is -0.329 e. The van der Waals surface area contributed by atoms with Gasteiger partial charge in [0.15, 0.2) is 0 Å². The van der Waals surface area contributed by atoms with Crippen LogP contribution in [0.3, 0.4) is 0 Å². The van der Waals surface area contributed by atoms with Crippen LogP contribution in [-0.4, -0.2) is 68.9 Å². The van der Waals surface area contributed by atoms with E-state index in [0.717, 1.165) is 51.9 Å². The molecule has 2 aliphatic heterocycles. The number of benzene rings is 1. The Kier molecular flexibility index (Phi) is 6.63. The average Bonchev–Trinajstić information content (AvgIpc) is 3.16. The van der Waals surface area contributed by atoms with Crippen molar-refractivity contribution in [3.8, 4) is 0 Å². The SMILES string of the molecule is O=C(OS(=O)(=O)N(CCN1CCCC1)C1CCNCC1)c1ccccc1. The molecule has 2 fully saturated rings. The van der Waals surface area contributed by atoms with Gasteiger partial charge in [0, 0.05) is 19.1 Å². The quantitative estimate of drug-likeness (QED) is 0.766. The Morgan fingerprint density at radius 1 is 1.15 bits per heavy atom. The first-order valence-electron chi connectivity index (χ1n) is 9.30. The van der Waals surface area contributed by atoms with Crippen LogP contribution in [0.1, 0.15) is 36.0 Å². The third kappa shape index (κ3) is 5.03. The van der Waals surface area contributed by atoms with Gasteiger partial charge < -0.3 is 14.4 Å². The molecule has 3 rings (SSSR count). The van der Waals surface area contributed by atoms with E-state index in [-0.39, 0.29) is 11.6 Å². The van der Waals surface area contributed by atoms with Crippen LogP contribution in [0.25, 0.3) is 0 Å². The maximum atomic E-state index is 12.9. The monoisotopic (exact) mass is 381 g/mol. The summed E-state index contributed by atoms with van der Waals surface area (Å²) < 4.78 is 32.1. The molecule has 0 radical (unpaired) electrons. The summed E-state index contributed by atoms with van der Waals surface area (Å²) in [6.07, 6.45) is 3.76. The first-order valence-corrected chi connectivity index (χ1v) is 10.7. The number of nitrogens with zero attached hydrogens (tertiary/aromatic N) is 2. The van der Waals surface area contributed by atoms with Gasteiger partial charge in [0.1, 0.15) is 0 Å². The van der Waals surface area contributed by atoms with Crippen molar-refractivity contribution in [2.24, 2.45) is 0 Å². The average molecular weight is 381 g/mol. The van der Waals surface area contributed by atoms with Crippen LogP contribution in [0.5, 0.6) is 0 Å². The zero-order valence-corrected chi connectivity index (χ0v) is 15.8. The van der Waals surface area contributed by atoms with E-state index >= 15 is 0 Å². The van der Waals surface area contributed by atoms with Gasteiger partial charge in [-0.1, -0.05) is 18.2 Å². The Hall–Kier alpha value is -1.48. The number of hydrogen-bond acceptors (Lipinski definition) is 6. The summed E-state index contributed by atoms with van der Waals surface area (Å²) in [6, 6.07) is 8.10. The smallest absolute Gasteiger partial charge is 0.329 e. The van der Waals surface area contributed by atoms with Crippen LogP contribution < -0.4 is 5.32 Å². The predicted octanol–water partition coefficient (Wildman–Crippen LogP) is 1.24. The van der Waals surface area contributed by atoms with Gasteiger partial charge in [-0.3, -0.25) is 0 Å². The topological polar surface area (TPSA) is 79.0 Å². The van der Waals surface area contributed by atoms with Crippen molar-refractivity contribution in [1.29, 1.82) is 0 Å². The highest BCUT2D eigenvalue weighted by Crippen LogP contribution is 2.19. The summed E-state index contributed by atoms with van der Waals surface area (Å²) in [4.78, 5) is 14.5. The third-order valence-corrected chi connectivity index (χ3v) is 6.45. The normalized spacial score (nSPS) is 19.7. The van der Waals surface area contributed by atoms with Gasteiger partial charge in [-0.25, -0.2) is 4.79 Å². The molecule has 1 aromatic rings. The number of rotatable bonds is 7. The lowest BCUT2D eigenvalue weighted by Crippen LogP contribution is -2.49. The van der Waals surface area contributed by atoms with Crippen LogP contribution in [-0.2, 0) is 14.5 Å². The minimum absolute atomic E-state index is 0.132. The molecular formula is C18H27N3O4S. The van der Waals surface area contributed by atoms with Crippen LogP contribution >= 0.6 is 0 Å². The van der Waals surface area contributed by atoms with E-state index in [4.69, 9.17) is 4.18 Å². The summed E-state index contributed by atoms with van der Waals surface area (Å²) in [5, 5.41) is 3.25. The molecule has 144 valence electrons. The summed E-state index contributed by atoms with van der Waals surface area (Å²) in [7, 11) is -4.13. The molecule has 26 heavy (non-hydrogen) atoms. The highest BCUT2D eigenvalue weighted by Gasteiger charge is 2.34. The lowest BCUT2D eigenvalue weighted by molar-refractivity contribution is 0.0720. The van der Waals surface area contributed by atoms with Crippen molar-refractivity contribution < 1.29 is 17.4 Å². The first-order chi connectivity index (χ1) is 12.6. The van der Waals surface area contributed by atoms with Crippen molar-refractivity contribution in [1.82, 2.24) is 14.5 Å². The van der Waals surface area contributed by atoms with Crippen LogP contribution in [0, 0.1) is 0 Å². The standard InChI is InChI=1S/C18H27N3O4S/c22-18(16-6-2-1-3-7-16)25-26(23,24)21(17-8-10-19-11-9-17)15-14-20-12-4-5-13-20/h1-3,6-7,17,19H,4-5,8-15H2. The lowest BCUT2D eigenvalue weighted by atomic mass is 10.1. The number of likely N-dealkylation sites (tertiary alicyclic amines) is 1. The van der Waals surface area contributed by atoms with Crippen LogP contribution in [0.4, 0.5) is 0 Å². The van der Waals surface area contributed by atoms with Gasteiger partial charge in [-0.15, -0.1) is 0 Å². The molecular weight excluding hydrogens is 354 g/mol. The molecule has 8 heteroatoms. The van der Waals surface area contributed by atoms with Crippen molar-refractivity contribution in [3.63, 3.8) is 0 Å². The molecule has 1 N–H and O–H groups in total. The van der Waals surface area contributed by atoms with Crippen molar-refractivity contribution in [2.45, 2.75) is 31.7 Å². The summed E-state index contributed by atoms with van der Waals surface area (Å²) >= 11 is 0. The lowest BCUT2D eigenvalue weighted by Gasteiger charge is -2.33. The number of carbonyl (C=O) groups excluding carboxylic acids is 1. The molecule has 0 aliphatic carbocycles. The molecule has 2 saturated heterocycles. The van der Waals surface area contributed by atoms with Gasteiger partial charge in [-0.05, 0) is 64.0 Å². The van der Waals surface area contributed by atoms with Crippen LogP contribution in [0.2, 0.25) is 0 Å². The van der Waals surface area contributed by atoms with E-state index in [0.29, 0.717) is 13.1 Å². The molecule has 2 aliphatic rings. The summed E-state index contributed by atoms with van der Waals surface area (Å²) in [5.41, 5.74) is 0.237. The minimum atomic E-state index is -4.13. The Labute approximate surface area is 155 Å². The second kappa shape index (κ2) is 8.94. The molecule has 0 saturated carbocycles. The fourth-order valence-corrected chi connectivity index (χ4v) is 4.85. The largest absolute Gasteiger partial charge is 0.388 e. The van der Waals surface area contributed by atoms with Crippen molar-refractivity contribution in [2.75, 3.05) is 39.3 Å². The van der Waals surface area contributed by atoms with E-state index in [1.165, 1.54) is 4.31 Å². The molecule has 7 nitrogen and oxygen atoms in total. The summed E-state index contributed by atoms with van der Waals surface area (Å²) in [6.45, 7) is 4.58. The summed E-state index contributed by atoms with van der Waals surface area (Å²) in [5.74, 6) is -0.828. The van der Waals surface area contributed by atoms with Crippen molar-refractivity contribution >= 4 is 16.3 Å². The van der Waals surface area contributed by atoms with E-state index in [9.17, 15) is 13.2 Å². The van der Waals surface area contributed by atoms with Gasteiger partial charge >= 0.3 is 16.3 Å². The van der Waals surface area contributed by atoms with E-state index in [1.807, 2.05) is 0 Å². The Bertz CT molecular complexity index is 684. The first kappa shape index (κ1) is 19.3. The number of carbonyl (C=O) groups is 1. The predicted molar refractivity (Wildman–Crippen MR) is 99.0 cm³/mol. The van der Waals surface area contributed by atoms with Gasteiger partial charge in [0.05, 0.1) is 5.56 Å². The zero-order chi connectivity index (χ0) is 18.4. The van der Waals surface area contributed by atoms with Gasteiger partial charge in [0.25, 0.3) is 0 Å². The van der Waals surface area contributed by atoms with Gasteiger partial charge in [-0.2, -0.15) is 12.7 Å². The fourth-order valence-electron chi connectivity index (χ4n) is 3.58. The highest BCUT2D eigenvalue weighted by atomic mass is 32.2. The third-order valence-electron chi connectivity index (χ3n) is 5.03. The van der Waals surface area contributed by atoms with E-state index in [2.05, 4.69) is 10.2 Å². The molecule has 0 aromatic heterocycles. The van der Waals surface area contributed by atoms with Crippen LogP contribution in [0.15, 0.2) is 30.3 Å². The van der Waals surface area contributed by atoms with E-state index < -0.39 is 16.3 Å². The van der Waals surface area contributed by atoms with E-state index in [1.54, 1.807) is 30.3 Å². The Balaban J connectivity index is 1.71. The van der Waals surface area contributed by atoms with Crippen molar-refractivity contribution in [3.05, 3.63) is 35.9 Å². The second-order valence-electron chi connectivity index (χ2n) is 6.84. The number of hydrogen-bond donors (Lipinski definition) is 1. The Morgan fingerprint density at radius 3 is 2.46 bits per heavy atom. The maximum absolute atomic E-state index is 12.9. The fraction of sp³-hybridized carbons (Fsp3) is 0.611. The Morgan fingerprint density at radius 2 is 1.81 bits per heavy atom.